The molecule has 3 nitrogen and oxygen atoms in total. The second-order valence-electron chi connectivity index (χ2n) is 4.66. The molecule has 1 aliphatic heterocycles. The Morgan fingerprint density at radius 3 is 2.71 bits per heavy atom. The third-order valence-electron chi connectivity index (χ3n) is 3.38. The van der Waals surface area contributed by atoms with Gasteiger partial charge in [-0.05, 0) is 37.0 Å². The molecule has 0 saturated carbocycles. The Hall–Kier alpha value is -1.42. The molecule has 1 aromatic carbocycles. The molecule has 0 aliphatic carbocycles. The molecule has 17 heavy (non-hydrogen) atoms. The van der Waals surface area contributed by atoms with E-state index in [-0.39, 0.29) is 18.4 Å². The van der Waals surface area contributed by atoms with Gasteiger partial charge in [0.1, 0.15) is 5.82 Å². The molecule has 1 aromatic rings. The minimum absolute atomic E-state index is 0.0822. The van der Waals surface area contributed by atoms with E-state index in [4.69, 9.17) is 5.11 Å². The zero-order chi connectivity index (χ0) is 12.4. The summed E-state index contributed by atoms with van der Waals surface area (Å²) in [6.07, 6.45) is 0.929. The lowest BCUT2D eigenvalue weighted by Gasteiger charge is -2.17. The summed E-state index contributed by atoms with van der Waals surface area (Å²) < 4.78 is 12.8. The molecule has 0 spiro atoms. The van der Waals surface area contributed by atoms with Crippen LogP contribution in [0.25, 0.3) is 0 Å². The Morgan fingerprint density at radius 1 is 1.47 bits per heavy atom. The standard InChI is InChI=1S/C13H16FNO2/c1-9-6-11(7-15(9)8-13(16)17)10-2-4-12(14)5-3-10/h2-5,9,11H,6-8H2,1H3,(H,16,17)/t9-,11+/m0/s1. The normalized spacial score (nSPS) is 25.1. The number of rotatable bonds is 3. The number of benzene rings is 1. The maximum Gasteiger partial charge on any atom is 0.317 e. The number of nitrogens with zero attached hydrogens (tertiary/aromatic N) is 1. The number of hydrogen-bond donors (Lipinski definition) is 1. The van der Waals surface area contributed by atoms with Gasteiger partial charge in [0.15, 0.2) is 0 Å². The Labute approximate surface area is 99.9 Å². The van der Waals surface area contributed by atoms with Crippen molar-refractivity contribution in [3.63, 3.8) is 0 Å². The molecule has 0 aromatic heterocycles. The van der Waals surface area contributed by atoms with Crippen LogP contribution in [-0.2, 0) is 4.79 Å². The highest BCUT2D eigenvalue weighted by Crippen LogP contribution is 2.31. The lowest BCUT2D eigenvalue weighted by Crippen LogP contribution is -2.32. The van der Waals surface area contributed by atoms with Crippen LogP contribution in [0.15, 0.2) is 24.3 Å². The van der Waals surface area contributed by atoms with Crippen molar-refractivity contribution in [2.45, 2.75) is 25.3 Å². The summed E-state index contributed by atoms with van der Waals surface area (Å²) in [5.74, 6) is -0.719. The second kappa shape index (κ2) is 4.84. The molecule has 92 valence electrons. The Balaban J connectivity index is 2.05. The van der Waals surface area contributed by atoms with E-state index in [1.165, 1.54) is 12.1 Å². The highest BCUT2D eigenvalue weighted by Gasteiger charge is 2.30. The van der Waals surface area contributed by atoms with E-state index < -0.39 is 5.97 Å². The second-order valence-corrected chi connectivity index (χ2v) is 4.66. The molecule has 0 unspecified atom stereocenters. The SMILES string of the molecule is C[C@H]1C[C@@H](c2ccc(F)cc2)CN1CC(=O)O. The topological polar surface area (TPSA) is 40.5 Å². The Morgan fingerprint density at radius 2 is 2.12 bits per heavy atom. The first-order chi connectivity index (χ1) is 8.06. The number of carbonyl (C=O) groups is 1. The van der Waals surface area contributed by atoms with Crippen LogP contribution in [0.1, 0.15) is 24.8 Å². The number of carboxylic acid groups (broad SMARTS) is 1. The van der Waals surface area contributed by atoms with Crippen LogP contribution < -0.4 is 0 Å². The Bertz CT molecular complexity index is 404. The summed E-state index contributed by atoms with van der Waals surface area (Å²) >= 11 is 0. The number of likely N-dealkylation sites (tertiary alicyclic amines) is 1. The number of hydrogen-bond acceptors (Lipinski definition) is 2. The maximum atomic E-state index is 12.8. The molecule has 2 atom stereocenters. The molecular formula is C13H16FNO2. The number of aliphatic carboxylic acids is 1. The lowest BCUT2D eigenvalue weighted by atomic mass is 9.97. The van der Waals surface area contributed by atoms with Gasteiger partial charge in [0.05, 0.1) is 6.54 Å². The molecule has 2 rings (SSSR count). The number of halogens is 1. The van der Waals surface area contributed by atoms with Gasteiger partial charge in [-0.2, -0.15) is 0 Å². The quantitative estimate of drug-likeness (QED) is 0.875. The van der Waals surface area contributed by atoms with Gasteiger partial charge in [0.2, 0.25) is 0 Å². The molecule has 1 aliphatic rings. The fourth-order valence-electron chi connectivity index (χ4n) is 2.47. The van der Waals surface area contributed by atoms with Gasteiger partial charge in [-0.1, -0.05) is 12.1 Å². The molecular weight excluding hydrogens is 221 g/mol. The monoisotopic (exact) mass is 237 g/mol. The van der Waals surface area contributed by atoms with Crippen molar-refractivity contribution in [3.05, 3.63) is 35.6 Å². The molecule has 1 fully saturated rings. The van der Waals surface area contributed by atoms with Crippen LogP contribution in [0.5, 0.6) is 0 Å². The van der Waals surface area contributed by atoms with E-state index in [2.05, 4.69) is 0 Å². The van der Waals surface area contributed by atoms with Crippen LogP contribution in [0.3, 0.4) is 0 Å². The molecule has 1 N–H and O–H groups in total. The summed E-state index contributed by atoms with van der Waals surface area (Å²) in [7, 11) is 0. The summed E-state index contributed by atoms with van der Waals surface area (Å²) in [6.45, 7) is 2.85. The van der Waals surface area contributed by atoms with E-state index in [0.29, 0.717) is 5.92 Å². The smallest absolute Gasteiger partial charge is 0.317 e. The third kappa shape index (κ3) is 2.82. The van der Waals surface area contributed by atoms with E-state index in [1.54, 1.807) is 12.1 Å². The molecule has 0 amide bonds. The first-order valence-electron chi connectivity index (χ1n) is 5.77. The highest BCUT2D eigenvalue weighted by molar-refractivity contribution is 5.69. The van der Waals surface area contributed by atoms with Crippen LogP contribution >= 0.6 is 0 Å². The molecule has 0 radical (unpaired) electrons. The number of carboxylic acids is 1. The van der Waals surface area contributed by atoms with Crippen LogP contribution in [0.2, 0.25) is 0 Å². The summed E-state index contributed by atoms with van der Waals surface area (Å²) in [4.78, 5) is 12.7. The van der Waals surface area contributed by atoms with Gasteiger partial charge in [-0.15, -0.1) is 0 Å². The first kappa shape index (κ1) is 12.0. The van der Waals surface area contributed by atoms with Crippen LogP contribution in [0.4, 0.5) is 4.39 Å². The minimum atomic E-state index is -0.795. The molecule has 1 saturated heterocycles. The van der Waals surface area contributed by atoms with E-state index in [0.717, 1.165) is 18.5 Å². The molecule has 1 heterocycles. The predicted molar refractivity (Wildman–Crippen MR) is 62.4 cm³/mol. The summed E-state index contributed by atoms with van der Waals surface area (Å²) in [5, 5.41) is 8.79. The van der Waals surface area contributed by atoms with Crippen molar-refractivity contribution in [3.8, 4) is 0 Å². The zero-order valence-corrected chi connectivity index (χ0v) is 9.77. The van der Waals surface area contributed by atoms with Crippen molar-refractivity contribution in [2.75, 3.05) is 13.1 Å². The van der Waals surface area contributed by atoms with Crippen LogP contribution in [0, 0.1) is 5.82 Å². The lowest BCUT2D eigenvalue weighted by molar-refractivity contribution is -0.138. The average Bonchev–Trinajstić information content (AvgIpc) is 2.60. The van der Waals surface area contributed by atoms with E-state index in [9.17, 15) is 9.18 Å². The first-order valence-corrected chi connectivity index (χ1v) is 5.77. The van der Waals surface area contributed by atoms with Crippen LogP contribution in [-0.4, -0.2) is 35.1 Å². The zero-order valence-electron chi connectivity index (χ0n) is 9.77. The third-order valence-corrected chi connectivity index (χ3v) is 3.38. The van der Waals surface area contributed by atoms with Crippen molar-refractivity contribution in [1.29, 1.82) is 0 Å². The molecule has 4 heteroatoms. The van der Waals surface area contributed by atoms with Crippen molar-refractivity contribution in [1.82, 2.24) is 4.90 Å². The fraction of sp³-hybridized carbons (Fsp3) is 0.462. The maximum absolute atomic E-state index is 12.8. The molecule has 0 bridgehead atoms. The van der Waals surface area contributed by atoms with Crippen molar-refractivity contribution in [2.24, 2.45) is 0 Å². The van der Waals surface area contributed by atoms with E-state index in [1.807, 2.05) is 11.8 Å². The highest BCUT2D eigenvalue weighted by atomic mass is 19.1. The summed E-state index contributed by atoms with van der Waals surface area (Å²) in [6, 6.07) is 6.76. The van der Waals surface area contributed by atoms with Gasteiger partial charge in [0, 0.05) is 12.6 Å². The van der Waals surface area contributed by atoms with E-state index >= 15 is 0 Å². The predicted octanol–water partition coefficient (Wildman–Crippen LogP) is 2.09. The Kier molecular flexibility index (Phi) is 3.43. The van der Waals surface area contributed by atoms with Gasteiger partial charge in [-0.25, -0.2) is 4.39 Å². The average molecular weight is 237 g/mol. The van der Waals surface area contributed by atoms with Crippen molar-refractivity contribution < 1.29 is 14.3 Å². The van der Waals surface area contributed by atoms with Gasteiger partial charge in [0.25, 0.3) is 0 Å². The van der Waals surface area contributed by atoms with Gasteiger partial charge >= 0.3 is 5.97 Å². The largest absolute Gasteiger partial charge is 0.480 e. The minimum Gasteiger partial charge on any atom is -0.480 e. The van der Waals surface area contributed by atoms with Crippen molar-refractivity contribution >= 4 is 5.97 Å². The summed E-state index contributed by atoms with van der Waals surface area (Å²) in [5.41, 5.74) is 1.09. The fourth-order valence-corrected chi connectivity index (χ4v) is 2.47. The van der Waals surface area contributed by atoms with Gasteiger partial charge < -0.3 is 5.11 Å². The van der Waals surface area contributed by atoms with Gasteiger partial charge in [-0.3, -0.25) is 9.69 Å².